The Morgan fingerprint density at radius 2 is 0.742 bits per heavy atom. The molecule has 0 aliphatic rings. The second-order valence-corrected chi connectivity index (χ2v) is 9.92. The maximum atomic E-state index is 5.31. The van der Waals surface area contributed by atoms with Crippen molar-refractivity contribution in [2.45, 2.75) is 38.9 Å². The Morgan fingerprint density at radius 1 is 0.484 bits per heavy atom. The number of rotatable bonds is 10. The van der Waals surface area contributed by atoms with Gasteiger partial charge in [0.05, 0.1) is 13.2 Å². The van der Waals surface area contributed by atoms with Crippen molar-refractivity contribution in [3.63, 3.8) is 0 Å². The molecule has 0 unspecified atom stereocenters. The molecule has 5 heteroatoms. The van der Waals surface area contributed by atoms with E-state index in [1.165, 1.54) is 37.9 Å². The van der Waals surface area contributed by atoms with Gasteiger partial charge in [-0.25, -0.2) is 0 Å². The molecular weight excluding hydrogens is 584 g/mol. The third-order valence-electron chi connectivity index (χ3n) is 5.40. The summed E-state index contributed by atoms with van der Waals surface area (Å²) in [4.78, 5) is 0. The van der Waals surface area contributed by atoms with Crippen molar-refractivity contribution >= 4 is 47.8 Å². The first-order valence-corrected chi connectivity index (χ1v) is 12.7. The summed E-state index contributed by atoms with van der Waals surface area (Å²) in [7, 11) is 3.46. The van der Waals surface area contributed by atoms with Crippen LogP contribution in [-0.2, 0) is 48.4 Å². The van der Waals surface area contributed by atoms with Gasteiger partial charge in [0.25, 0.3) is 0 Å². The Labute approximate surface area is 210 Å². The lowest BCUT2D eigenvalue weighted by molar-refractivity contribution is 0.184. The topological polar surface area (TPSA) is 18.5 Å². The third kappa shape index (κ3) is 6.52. The standard InChI is InChI=1S/C26H27Br3O2/c1-30-16-22-10-4-8-20(25(22)28)14-12-18-6-3-7-19(24(18)27)13-15-21-9-5-11-23(17-31-2)26(21)29/h3-11H,12-17H2,1-2H3. The van der Waals surface area contributed by atoms with Crippen LogP contribution >= 0.6 is 47.8 Å². The van der Waals surface area contributed by atoms with Gasteiger partial charge in [-0.05, 0) is 59.1 Å². The fourth-order valence-electron chi connectivity index (χ4n) is 3.74. The molecule has 0 amide bonds. The number of hydrogen-bond donors (Lipinski definition) is 0. The third-order valence-corrected chi connectivity index (χ3v) is 8.46. The first-order valence-electron chi connectivity index (χ1n) is 10.3. The van der Waals surface area contributed by atoms with Crippen LogP contribution in [-0.4, -0.2) is 14.2 Å². The first kappa shape index (κ1) is 24.7. The number of hydrogen-bond acceptors (Lipinski definition) is 2. The summed E-state index contributed by atoms with van der Waals surface area (Å²) in [6.45, 7) is 1.24. The molecule has 31 heavy (non-hydrogen) atoms. The number of benzene rings is 3. The highest BCUT2D eigenvalue weighted by Gasteiger charge is 2.11. The Balaban J connectivity index is 1.70. The lowest BCUT2D eigenvalue weighted by atomic mass is 9.98. The van der Waals surface area contributed by atoms with Gasteiger partial charge in [0.15, 0.2) is 0 Å². The predicted octanol–water partition coefficient (Wildman–Crippen LogP) is 7.84. The van der Waals surface area contributed by atoms with E-state index in [1.54, 1.807) is 14.2 Å². The van der Waals surface area contributed by atoms with E-state index in [-0.39, 0.29) is 0 Å². The molecule has 0 saturated heterocycles. The first-order chi connectivity index (χ1) is 15.0. The van der Waals surface area contributed by atoms with Crippen LogP contribution in [0.3, 0.4) is 0 Å². The molecular formula is C26H27Br3O2. The highest BCUT2D eigenvalue weighted by Crippen LogP contribution is 2.29. The van der Waals surface area contributed by atoms with Crippen molar-refractivity contribution in [1.29, 1.82) is 0 Å². The van der Waals surface area contributed by atoms with E-state index in [9.17, 15) is 0 Å². The molecule has 0 fully saturated rings. The van der Waals surface area contributed by atoms with Crippen molar-refractivity contribution in [2.24, 2.45) is 0 Å². The molecule has 2 nitrogen and oxygen atoms in total. The van der Waals surface area contributed by atoms with Gasteiger partial charge in [-0.1, -0.05) is 102 Å². The molecule has 0 aromatic heterocycles. The van der Waals surface area contributed by atoms with Crippen LogP contribution in [0.5, 0.6) is 0 Å². The minimum Gasteiger partial charge on any atom is -0.380 e. The van der Waals surface area contributed by atoms with E-state index in [4.69, 9.17) is 9.47 Å². The van der Waals surface area contributed by atoms with Crippen molar-refractivity contribution in [3.05, 3.63) is 101 Å². The lowest BCUT2D eigenvalue weighted by Crippen LogP contribution is -2.00. The summed E-state index contributed by atoms with van der Waals surface area (Å²) in [5.74, 6) is 0. The fraction of sp³-hybridized carbons (Fsp3) is 0.308. The molecule has 0 heterocycles. The molecule has 0 atom stereocenters. The minimum absolute atomic E-state index is 0.620. The minimum atomic E-state index is 0.620. The van der Waals surface area contributed by atoms with E-state index in [0.717, 1.165) is 34.6 Å². The van der Waals surface area contributed by atoms with Crippen molar-refractivity contribution < 1.29 is 9.47 Å². The molecule has 3 aromatic carbocycles. The van der Waals surface area contributed by atoms with E-state index in [0.29, 0.717) is 13.2 Å². The SMILES string of the molecule is COCc1cccc(CCc2cccc(CCc3cccc(COC)c3Br)c2Br)c1Br. The summed E-state index contributed by atoms with van der Waals surface area (Å²) < 4.78 is 14.2. The number of halogens is 3. The molecule has 0 aliphatic carbocycles. The van der Waals surface area contributed by atoms with Gasteiger partial charge in [-0.15, -0.1) is 0 Å². The molecule has 0 radical (unpaired) electrons. The highest BCUT2D eigenvalue weighted by atomic mass is 79.9. The van der Waals surface area contributed by atoms with Gasteiger partial charge in [-0.2, -0.15) is 0 Å². The predicted molar refractivity (Wildman–Crippen MR) is 139 cm³/mol. The quantitative estimate of drug-likeness (QED) is 0.233. The van der Waals surface area contributed by atoms with Crippen LogP contribution in [0.2, 0.25) is 0 Å². The lowest BCUT2D eigenvalue weighted by Gasteiger charge is -2.13. The van der Waals surface area contributed by atoms with Crippen LogP contribution in [0.4, 0.5) is 0 Å². The van der Waals surface area contributed by atoms with Crippen molar-refractivity contribution in [1.82, 2.24) is 0 Å². The van der Waals surface area contributed by atoms with E-state index >= 15 is 0 Å². The van der Waals surface area contributed by atoms with Crippen molar-refractivity contribution in [3.8, 4) is 0 Å². The summed E-state index contributed by atoms with van der Waals surface area (Å²) in [5.41, 5.74) is 7.68. The number of methoxy groups -OCH3 is 2. The summed E-state index contributed by atoms with van der Waals surface area (Å²) in [6.07, 6.45) is 3.92. The van der Waals surface area contributed by atoms with Crippen LogP contribution in [0.25, 0.3) is 0 Å². The molecule has 0 saturated carbocycles. The summed E-state index contributed by atoms with van der Waals surface area (Å²) in [5, 5.41) is 0. The van der Waals surface area contributed by atoms with Crippen LogP contribution in [0.15, 0.2) is 68.0 Å². The average molecular weight is 611 g/mol. The van der Waals surface area contributed by atoms with E-state index < -0.39 is 0 Å². The fourth-order valence-corrected chi connectivity index (χ4v) is 5.56. The Kier molecular flexibility index (Phi) is 9.79. The zero-order valence-electron chi connectivity index (χ0n) is 17.9. The second kappa shape index (κ2) is 12.3. The monoisotopic (exact) mass is 608 g/mol. The summed E-state index contributed by atoms with van der Waals surface area (Å²) in [6, 6.07) is 19.4. The van der Waals surface area contributed by atoms with Crippen molar-refractivity contribution in [2.75, 3.05) is 14.2 Å². The normalized spacial score (nSPS) is 11.1. The van der Waals surface area contributed by atoms with Gasteiger partial charge in [0, 0.05) is 27.6 Å². The molecule has 0 spiro atoms. The van der Waals surface area contributed by atoms with Gasteiger partial charge in [0.2, 0.25) is 0 Å². The Hall–Kier alpha value is -0.980. The van der Waals surface area contributed by atoms with Gasteiger partial charge >= 0.3 is 0 Å². The van der Waals surface area contributed by atoms with Gasteiger partial charge in [0.1, 0.15) is 0 Å². The average Bonchev–Trinajstić information content (AvgIpc) is 2.77. The second-order valence-electron chi connectivity index (χ2n) is 7.54. The van der Waals surface area contributed by atoms with Gasteiger partial charge in [-0.3, -0.25) is 0 Å². The van der Waals surface area contributed by atoms with E-state index in [2.05, 4.69) is 102 Å². The number of ether oxygens (including phenoxy) is 2. The molecule has 0 aliphatic heterocycles. The maximum absolute atomic E-state index is 5.31. The highest BCUT2D eigenvalue weighted by molar-refractivity contribution is 9.11. The Morgan fingerprint density at radius 3 is 1.03 bits per heavy atom. The molecule has 3 rings (SSSR count). The van der Waals surface area contributed by atoms with Crippen LogP contribution in [0, 0.1) is 0 Å². The maximum Gasteiger partial charge on any atom is 0.0724 e. The zero-order valence-corrected chi connectivity index (χ0v) is 22.6. The van der Waals surface area contributed by atoms with Crippen LogP contribution < -0.4 is 0 Å². The largest absolute Gasteiger partial charge is 0.380 e. The van der Waals surface area contributed by atoms with Crippen LogP contribution in [0.1, 0.15) is 33.4 Å². The summed E-state index contributed by atoms with van der Waals surface area (Å²) >= 11 is 11.4. The molecule has 164 valence electrons. The van der Waals surface area contributed by atoms with E-state index in [1.807, 2.05) is 0 Å². The zero-order chi connectivity index (χ0) is 22.2. The molecule has 0 N–H and O–H groups in total. The number of aryl methyl sites for hydroxylation is 4. The smallest absolute Gasteiger partial charge is 0.0724 e. The molecule has 3 aromatic rings. The molecule has 0 bridgehead atoms. The Bertz CT molecular complexity index is 940. The van der Waals surface area contributed by atoms with Gasteiger partial charge < -0.3 is 9.47 Å².